The lowest BCUT2D eigenvalue weighted by Crippen LogP contribution is -2.57. The summed E-state index contributed by atoms with van der Waals surface area (Å²) in [7, 11) is 0. The molecule has 2 nitrogen and oxygen atoms in total. The normalized spacial score (nSPS) is 29.4. The topological polar surface area (TPSA) is 15.3 Å². The van der Waals surface area contributed by atoms with Crippen LogP contribution in [0.4, 0.5) is 4.39 Å². The van der Waals surface area contributed by atoms with Gasteiger partial charge in [0.1, 0.15) is 5.82 Å². The van der Waals surface area contributed by atoms with Crippen LogP contribution >= 0.6 is 0 Å². The third-order valence-electron chi connectivity index (χ3n) is 5.01. The molecule has 0 bridgehead atoms. The minimum atomic E-state index is -0.0728. The molecule has 110 valence electrons. The van der Waals surface area contributed by atoms with E-state index in [0.717, 1.165) is 31.0 Å². The summed E-state index contributed by atoms with van der Waals surface area (Å²) in [5.41, 5.74) is 0.836. The van der Waals surface area contributed by atoms with Crippen molar-refractivity contribution >= 4 is 0 Å². The molecule has 3 atom stereocenters. The van der Waals surface area contributed by atoms with Gasteiger partial charge in [-0.15, -0.1) is 0 Å². The minimum Gasteiger partial charge on any atom is -0.311 e. The molecule has 0 spiro atoms. The fourth-order valence-corrected chi connectivity index (χ4v) is 3.51. The molecular weight excluding hydrogens is 251 g/mol. The lowest BCUT2D eigenvalue weighted by atomic mass is 9.98. The predicted octanol–water partition coefficient (Wildman–Crippen LogP) is 3.35. The maximum Gasteiger partial charge on any atom is 0.127 e. The second kappa shape index (κ2) is 5.82. The zero-order valence-corrected chi connectivity index (χ0v) is 12.5. The van der Waals surface area contributed by atoms with Crippen LogP contribution in [-0.4, -0.2) is 30.1 Å². The zero-order chi connectivity index (χ0) is 14.1. The van der Waals surface area contributed by atoms with E-state index in [0.29, 0.717) is 12.1 Å². The van der Waals surface area contributed by atoms with Crippen LogP contribution < -0.4 is 5.32 Å². The lowest BCUT2D eigenvalue weighted by molar-refractivity contribution is 0.0787. The average molecular weight is 276 g/mol. The summed E-state index contributed by atoms with van der Waals surface area (Å²) in [4.78, 5) is 2.51. The molecule has 20 heavy (non-hydrogen) atoms. The molecular formula is C17H25FN2. The summed E-state index contributed by atoms with van der Waals surface area (Å²) in [6.07, 6.45) is 3.83. The number of halogens is 1. The van der Waals surface area contributed by atoms with Gasteiger partial charge >= 0.3 is 0 Å². The van der Waals surface area contributed by atoms with Crippen LogP contribution in [0.15, 0.2) is 24.3 Å². The molecule has 1 aliphatic heterocycles. The van der Waals surface area contributed by atoms with E-state index in [2.05, 4.69) is 24.1 Å². The molecule has 1 aromatic carbocycles. The van der Waals surface area contributed by atoms with Crippen molar-refractivity contribution in [3.8, 4) is 0 Å². The highest BCUT2D eigenvalue weighted by Crippen LogP contribution is 2.36. The summed E-state index contributed by atoms with van der Waals surface area (Å²) < 4.78 is 14.1. The van der Waals surface area contributed by atoms with Gasteiger partial charge in [0.15, 0.2) is 0 Å². The number of hydrogen-bond acceptors (Lipinski definition) is 2. The highest BCUT2D eigenvalue weighted by molar-refractivity contribution is 5.21. The number of rotatable bonds is 4. The van der Waals surface area contributed by atoms with Crippen molar-refractivity contribution in [3.63, 3.8) is 0 Å². The first kappa shape index (κ1) is 14.0. The van der Waals surface area contributed by atoms with Gasteiger partial charge < -0.3 is 5.32 Å². The van der Waals surface area contributed by atoms with Crippen molar-refractivity contribution in [3.05, 3.63) is 35.6 Å². The monoisotopic (exact) mass is 276 g/mol. The Morgan fingerprint density at radius 3 is 2.75 bits per heavy atom. The van der Waals surface area contributed by atoms with E-state index in [1.54, 1.807) is 12.1 Å². The van der Waals surface area contributed by atoms with Crippen LogP contribution in [0.2, 0.25) is 0 Å². The molecule has 1 N–H and O–H groups in total. The van der Waals surface area contributed by atoms with Gasteiger partial charge in [-0.05, 0) is 38.2 Å². The molecule has 1 heterocycles. The molecule has 3 rings (SSSR count). The number of nitrogens with one attached hydrogen (secondary N) is 1. The first-order chi connectivity index (χ1) is 9.70. The summed E-state index contributed by atoms with van der Waals surface area (Å²) in [6, 6.07) is 8.49. The molecule has 1 saturated carbocycles. The Labute approximate surface area is 121 Å². The Balaban J connectivity index is 1.79. The molecule has 0 aromatic heterocycles. The van der Waals surface area contributed by atoms with E-state index in [1.807, 2.05) is 12.1 Å². The highest BCUT2D eigenvalue weighted by atomic mass is 19.1. The maximum absolute atomic E-state index is 14.1. The van der Waals surface area contributed by atoms with E-state index in [-0.39, 0.29) is 11.9 Å². The SMILES string of the molecule is CCC1CNC(C2CC2)CN1C(C)c1ccccc1F. The Kier molecular flexibility index (Phi) is 4.08. The smallest absolute Gasteiger partial charge is 0.127 e. The van der Waals surface area contributed by atoms with E-state index < -0.39 is 0 Å². The molecule has 3 unspecified atom stereocenters. The molecule has 1 saturated heterocycles. The van der Waals surface area contributed by atoms with Gasteiger partial charge in [-0.25, -0.2) is 4.39 Å². The number of hydrogen-bond donors (Lipinski definition) is 1. The summed E-state index contributed by atoms with van der Waals surface area (Å²) in [6.45, 7) is 6.47. The van der Waals surface area contributed by atoms with Gasteiger partial charge in [-0.2, -0.15) is 0 Å². The Bertz CT molecular complexity index is 458. The Hall–Kier alpha value is -0.930. The number of piperazine rings is 1. The van der Waals surface area contributed by atoms with Gasteiger partial charge in [-0.3, -0.25) is 4.90 Å². The van der Waals surface area contributed by atoms with E-state index in [4.69, 9.17) is 0 Å². The Morgan fingerprint density at radius 2 is 2.10 bits per heavy atom. The number of benzene rings is 1. The minimum absolute atomic E-state index is 0.0728. The zero-order valence-electron chi connectivity index (χ0n) is 12.5. The van der Waals surface area contributed by atoms with Crippen LogP contribution in [0.1, 0.15) is 44.7 Å². The first-order valence-corrected chi connectivity index (χ1v) is 7.94. The average Bonchev–Trinajstić information content (AvgIpc) is 3.31. The second-order valence-corrected chi connectivity index (χ2v) is 6.31. The Morgan fingerprint density at radius 1 is 1.35 bits per heavy atom. The highest BCUT2D eigenvalue weighted by Gasteiger charge is 2.38. The van der Waals surface area contributed by atoms with Crippen molar-refractivity contribution in [2.75, 3.05) is 13.1 Å². The van der Waals surface area contributed by atoms with Gasteiger partial charge in [0, 0.05) is 36.8 Å². The molecule has 3 heteroatoms. The molecule has 2 fully saturated rings. The van der Waals surface area contributed by atoms with Crippen molar-refractivity contribution in [2.45, 2.75) is 51.2 Å². The standard InChI is InChI=1S/C17H25FN2/c1-3-14-10-19-17(13-8-9-13)11-20(14)12(2)15-6-4-5-7-16(15)18/h4-7,12-14,17,19H,3,8-11H2,1-2H3. The largest absolute Gasteiger partial charge is 0.311 e. The molecule has 0 amide bonds. The van der Waals surface area contributed by atoms with Gasteiger partial charge in [0.05, 0.1) is 0 Å². The fraction of sp³-hybridized carbons (Fsp3) is 0.647. The van der Waals surface area contributed by atoms with Crippen molar-refractivity contribution < 1.29 is 4.39 Å². The first-order valence-electron chi connectivity index (χ1n) is 7.94. The number of nitrogens with zero attached hydrogens (tertiary/aromatic N) is 1. The van der Waals surface area contributed by atoms with Crippen molar-refractivity contribution in [1.29, 1.82) is 0 Å². The van der Waals surface area contributed by atoms with Crippen LogP contribution in [0, 0.1) is 11.7 Å². The van der Waals surface area contributed by atoms with Gasteiger partial charge in [-0.1, -0.05) is 25.1 Å². The lowest BCUT2D eigenvalue weighted by Gasteiger charge is -2.44. The summed E-state index contributed by atoms with van der Waals surface area (Å²) >= 11 is 0. The van der Waals surface area contributed by atoms with Crippen LogP contribution in [0.3, 0.4) is 0 Å². The van der Waals surface area contributed by atoms with E-state index in [1.165, 1.54) is 12.8 Å². The third-order valence-corrected chi connectivity index (χ3v) is 5.01. The van der Waals surface area contributed by atoms with Crippen LogP contribution in [0.25, 0.3) is 0 Å². The summed E-state index contributed by atoms with van der Waals surface area (Å²) in [5.74, 6) is 0.777. The van der Waals surface area contributed by atoms with E-state index >= 15 is 0 Å². The summed E-state index contributed by atoms with van der Waals surface area (Å²) in [5, 5.41) is 3.70. The molecule has 2 aliphatic rings. The maximum atomic E-state index is 14.1. The molecule has 1 aliphatic carbocycles. The molecule has 1 aromatic rings. The van der Waals surface area contributed by atoms with Crippen molar-refractivity contribution in [1.82, 2.24) is 10.2 Å². The van der Waals surface area contributed by atoms with Gasteiger partial charge in [0.25, 0.3) is 0 Å². The molecule has 0 radical (unpaired) electrons. The third kappa shape index (κ3) is 2.75. The van der Waals surface area contributed by atoms with Crippen molar-refractivity contribution in [2.24, 2.45) is 5.92 Å². The van der Waals surface area contributed by atoms with Gasteiger partial charge in [0.2, 0.25) is 0 Å². The van der Waals surface area contributed by atoms with Crippen LogP contribution in [0.5, 0.6) is 0 Å². The van der Waals surface area contributed by atoms with Crippen LogP contribution in [-0.2, 0) is 0 Å². The predicted molar refractivity (Wildman–Crippen MR) is 80.1 cm³/mol. The van der Waals surface area contributed by atoms with E-state index in [9.17, 15) is 4.39 Å². The quantitative estimate of drug-likeness (QED) is 0.907. The second-order valence-electron chi connectivity index (χ2n) is 6.31. The fourth-order valence-electron chi connectivity index (χ4n) is 3.51.